The van der Waals surface area contributed by atoms with E-state index in [9.17, 15) is 4.39 Å². The molecular weight excluding hydrogens is 289 g/mol. The van der Waals surface area contributed by atoms with Gasteiger partial charge in [-0.1, -0.05) is 18.5 Å². The summed E-state index contributed by atoms with van der Waals surface area (Å²) in [6.45, 7) is 4.26. The molecule has 5 heteroatoms. The molecule has 3 nitrogen and oxygen atoms in total. The smallest absolute Gasteiger partial charge is 0.128 e. The quantitative estimate of drug-likeness (QED) is 0.868. The molecule has 0 spiro atoms. The SMILES string of the molecule is CCC(C)n1ccc(CC(NC)c2cc(Cl)ccc2F)n1. The van der Waals surface area contributed by atoms with Gasteiger partial charge in [-0.3, -0.25) is 4.68 Å². The van der Waals surface area contributed by atoms with E-state index in [4.69, 9.17) is 11.6 Å². The van der Waals surface area contributed by atoms with E-state index in [1.165, 1.54) is 6.07 Å². The van der Waals surface area contributed by atoms with Crippen LogP contribution < -0.4 is 5.32 Å². The number of likely N-dealkylation sites (N-methyl/N-ethyl adjacent to an activating group) is 1. The maximum atomic E-state index is 14.0. The van der Waals surface area contributed by atoms with E-state index >= 15 is 0 Å². The molecule has 1 N–H and O–H groups in total. The monoisotopic (exact) mass is 309 g/mol. The van der Waals surface area contributed by atoms with Gasteiger partial charge >= 0.3 is 0 Å². The standard InChI is InChI=1S/C16H21ClFN3/c1-4-11(2)21-8-7-13(20-21)10-16(19-3)14-9-12(17)5-6-15(14)18/h5-9,11,16,19H,4,10H2,1-3H3. The third kappa shape index (κ3) is 3.83. The van der Waals surface area contributed by atoms with Crippen molar-refractivity contribution >= 4 is 11.6 Å². The lowest BCUT2D eigenvalue weighted by molar-refractivity contribution is 0.467. The first-order valence-electron chi connectivity index (χ1n) is 7.21. The number of aromatic nitrogens is 2. The Bertz CT molecular complexity index is 597. The molecule has 0 fully saturated rings. The highest BCUT2D eigenvalue weighted by atomic mass is 35.5. The minimum Gasteiger partial charge on any atom is -0.313 e. The molecule has 0 saturated carbocycles. The zero-order valence-corrected chi connectivity index (χ0v) is 13.4. The molecule has 1 heterocycles. The molecule has 2 rings (SSSR count). The van der Waals surface area contributed by atoms with Crippen molar-refractivity contribution in [1.82, 2.24) is 15.1 Å². The normalized spacial score (nSPS) is 14.1. The van der Waals surface area contributed by atoms with Crippen molar-refractivity contribution in [3.05, 3.63) is 52.6 Å². The predicted octanol–water partition coefficient (Wildman–Crippen LogP) is 4.15. The second-order valence-corrected chi connectivity index (χ2v) is 5.69. The Kier molecular flexibility index (Phi) is 5.37. The fourth-order valence-electron chi connectivity index (χ4n) is 2.28. The third-order valence-corrected chi connectivity index (χ3v) is 4.04. The molecule has 0 radical (unpaired) electrons. The zero-order valence-electron chi connectivity index (χ0n) is 12.6. The summed E-state index contributed by atoms with van der Waals surface area (Å²) in [4.78, 5) is 0. The van der Waals surface area contributed by atoms with E-state index in [2.05, 4.69) is 24.3 Å². The Morgan fingerprint density at radius 3 is 2.81 bits per heavy atom. The van der Waals surface area contributed by atoms with E-state index in [1.54, 1.807) is 12.1 Å². The summed E-state index contributed by atoms with van der Waals surface area (Å²) in [6.07, 6.45) is 3.63. The summed E-state index contributed by atoms with van der Waals surface area (Å²) in [7, 11) is 1.82. The van der Waals surface area contributed by atoms with Gasteiger partial charge in [-0.2, -0.15) is 5.10 Å². The highest BCUT2D eigenvalue weighted by molar-refractivity contribution is 6.30. The molecule has 21 heavy (non-hydrogen) atoms. The average molecular weight is 310 g/mol. The largest absolute Gasteiger partial charge is 0.313 e. The molecule has 114 valence electrons. The van der Waals surface area contributed by atoms with Crippen molar-refractivity contribution in [2.45, 2.75) is 38.8 Å². The van der Waals surface area contributed by atoms with Crippen molar-refractivity contribution in [1.29, 1.82) is 0 Å². The highest BCUT2D eigenvalue weighted by Gasteiger charge is 2.17. The summed E-state index contributed by atoms with van der Waals surface area (Å²) in [5.41, 5.74) is 1.51. The fraction of sp³-hybridized carbons (Fsp3) is 0.438. The van der Waals surface area contributed by atoms with Crippen LogP contribution in [0, 0.1) is 5.82 Å². The molecule has 0 amide bonds. The maximum absolute atomic E-state index is 14.0. The first-order chi connectivity index (χ1) is 10.0. The lowest BCUT2D eigenvalue weighted by Crippen LogP contribution is -2.20. The summed E-state index contributed by atoms with van der Waals surface area (Å²) in [5.74, 6) is -0.250. The minimum atomic E-state index is -0.250. The van der Waals surface area contributed by atoms with Crippen LogP contribution in [0.1, 0.15) is 43.6 Å². The van der Waals surface area contributed by atoms with Crippen LogP contribution in [0.15, 0.2) is 30.5 Å². The highest BCUT2D eigenvalue weighted by Crippen LogP contribution is 2.24. The molecule has 2 unspecified atom stereocenters. The number of hydrogen-bond donors (Lipinski definition) is 1. The van der Waals surface area contributed by atoms with Crippen LogP contribution in [0.3, 0.4) is 0 Å². The van der Waals surface area contributed by atoms with Crippen molar-refractivity contribution in [2.24, 2.45) is 0 Å². The Morgan fingerprint density at radius 1 is 1.38 bits per heavy atom. The molecule has 0 saturated heterocycles. The van der Waals surface area contributed by atoms with Crippen LogP contribution in [0.2, 0.25) is 5.02 Å². The average Bonchev–Trinajstić information content (AvgIpc) is 2.95. The Balaban J connectivity index is 2.19. The number of hydrogen-bond acceptors (Lipinski definition) is 2. The maximum Gasteiger partial charge on any atom is 0.128 e. The summed E-state index contributed by atoms with van der Waals surface area (Å²) < 4.78 is 15.9. The van der Waals surface area contributed by atoms with E-state index in [0.29, 0.717) is 23.0 Å². The van der Waals surface area contributed by atoms with E-state index in [0.717, 1.165) is 12.1 Å². The Hall–Kier alpha value is -1.39. The molecule has 1 aromatic heterocycles. The van der Waals surface area contributed by atoms with Crippen molar-refractivity contribution in [3.63, 3.8) is 0 Å². The number of nitrogens with zero attached hydrogens (tertiary/aromatic N) is 2. The summed E-state index contributed by atoms with van der Waals surface area (Å²) in [5, 5.41) is 8.25. The van der Waals surface area contributed by atoms with Crippen LogP contribution >= 0.6 is 11.6 Å². The van der Waals surface area contributed by atoms with Gasteiger partial charge in [-0.25, -0.2) is 4.39 Å². The van der Waals surface area contributed by atoms with Crippen LogP contribution in [-0.2, 0) is 6.42 Å². The molecule has 0 aliphatic rings. The lowest BCUT2D eigenvalue weighted by atomic mass is 10.0. The van der Waals surface area contributed by atoms with Crippen molar-refractivity contribution < 1.29 is 4.39 Å². The van der Waals surface area contributed by atoms with E-state index in [-0.39, 0.29) is 11.9 Å². The van der Waals surface area contributed by atoms with Crippen LogP contribution in [-0.4, -0.2) is 16.8 Å². The lowest BCUT2D eigenvalue weighted by Gasteiger charge is -2.17. The van der Waals surface area contributed by atoms with Crippen LogP contribution in [0.4, 0.5) is 4.39 Å². The second-order valence-electron chi connectivity index (χ2n) is 5.26. The molecule has 0 aliphatic heterocycles. The summed E-state index contributed by atoms with van der Waals surface area (Å²) >= 11 is 5.97. The zero-order chi connectivity index (χ0) is 15.4. The third-order valence-electron chi connectivity index (χ3n) is 3.80. The number of rotatable bonds is 6. The van der Waals surface area contributed by atoms with Gasteiger partial charge in [0.1, 0.15) is 5.82 Å². The van der Waals surface area contributed by atoms with Gasteiger partial charge < -0.3 is 5.32 Å². The number of benzene rings is 1. The predicted molar refractivity (Wildman–Crippen MR) is 84.1 cm³/mol. The van der Waals surface area contributed by atoms with Crippen molar-refractivity contribution in [2.75, 3.05) is 7.05 Å². The summed E-state index contributed by atoms with van der Waals surface area (Å²) in [6, 6.07) is 6.84. The van der Waals surface area contributed by atoms with E-state index < -0.39 is 0 Å². The number of nitrogens with one attached hydrogen (secondary N) is 1. The van der Waals surface area contributed by atoms with E-state index in [1.807, 2.05) is 24.0 Å². The van der Waals surface area contributed by atoms with Gasteiger partial charge in [-0.05, 0) is 44.7 Å². The van der Waals surface area contributed by atoms with Gasteiger partial charge in [-0.15, -0.1) is 0 Å². The number of halogens is 2. The molecule has 2 aromatic rings. The Labute approximate surface area is 130 Å². The second kappa shape index (κ2) is 7.05. The molecule has 0 bridgehead atoms. The van der Waals surface area contributed by atoms with Crippen molar-refractivity contribution in [3.8, 4) is 0 Å². The van der Waals surface area contributed by atoms with Gasteiger partial charge in [0.25, 0.3) is 0 Å². The van der Waals surface area contributed by atoms with Gasteiger partial charge in [0, 0.05) is 35.3 Å². The topological polar surface area (TPSA) is 29.9 Å². The molecule has 0 aliphatic carbocycles. The fourth-order valence-corrected chi connectivity index (χ4v) is 2.46. The first kappa shape index (κ1) is 16.0. The van der Waals surface area contributed by atoms with Crippen LogP contribution in [0.5, 0.6) is 0 Å². The Morgan fingerprint density at radius 2 is 2.14 bits per heavy atom. The molecular formula is C16H21ClFN3. The van der Waals surface area contributed by atoms with Gasteiger partial charge in [0.15, 0.2) is 0 Å². The molecule has 2 atom stereocenters. The van der Waals surface area contributed by atoms with Gasteiger partial charge in [0.05, 0.1) is 5.69 Å². The van der Waals surface area contributed by atoms with Gasteiger partial charge in [0.2, 0.25) is 0 Å². The minimum absolute atomic E-state index is 0.149. The van der Waals surface area contributed by atoms with Crippen LogP contribution in [0.25, 0.3) is 0 Å². The first-order valence-corrected chi connectivity index (χ1v) is 7.59. The molecule has 1 aromatic carbocycles.